The maximum absolute atomic E-state index is 14.3. The molecule has 0 aromatic carbocycles. The Labute approximate surface area is 188 Å². The van der Waals surface area contributed by atoms with E-state index < -0.39 is 0 Å². The summed E-state index contributed by atoms with van der Waals surface area (Å²) in [6.07, 6.45) is 7.28. The van der Waals surface area contributed by atoms with Gasteiger partial charge in [-0.25, -0.2) is 23.9 Å². The molecule has 33 heavy (non-hydrogen) atoms. The monoisotopic (exact) mass is 448 g/mol. The van der Waals surface area contributed by atoms with Crippen molar-refractivity contribution < 1.29 is 13.9 Å². The standard InChI is InChI=1S/C22H21FN8O2/c1-33-13-10-29(11-13)22(32)17-8-25-19(9-24-17)30-6-4-15-20(27-12-26-15)21(30)16-7-18-14(23)3-2-5-31(18)28-16/h2-3,5,7-9,12-13,21H,4,6,10-11H2,1H3,(H,26,27)/t21-/m0/s1. The van der Waals surface area contributed by atoms with Gasteiger partial charge in [-0.2, -0.15) is 5.10 Å². The van der Waals surface area contributed by atoms with Crippen molar-refractivity contribution in [3.63, 3.8) is 0 Å². The van der Waals surface area contributed by atoms with E-state index in [-0.39, 0.29) is 29.6 Å². The van der Waals surface area contributed by atoms with Gasteiger partial charge in [-0.3, -0.25) is 4.79 Å². The maximum Gasteiger partial charge on any atom is 0.274 e. The highest BCUT2D eigenvalue weighted by Gasteiger charge is 2.35. The number of aromatic amines is 1. The molecule has 6 heterocycles. The second kappa shape index (κ2) is 7.62. The molecule has 1 atom stereocenters. The van der Waals surface area contributed by atoms with Gasteiger partial charge in [0, 0.05) is 45.1 Å². The van der Waals surface area contributed by atoms with Crippen LogP contribution in [0.15, 0.2) is 43.1 Å². The first-order valence-electron chi connectivity index (χ1n) is 10.7. The van der Waals surface area contributed by atoms with Crippen molar-refractivity contribution in [3.05, 3.63) is 71.7 Å². The van der Waals surface area contributed by atoms with Crippen LogP contribution in [0.5, 0.6) is 0 Å². The van der Waals surface area contributed by atoms with Crippen LogP contribution in [0.25, 0.3) is 5.52 Å². The first-order chi connectivity index (χ1) is 16.1. The van der Waals surface area contributed by atoms with E-state index in [1.165, 1.54) is 16.8 Å². The number of ether oxygens (including phenoxy) is 1. The predicted octanol–water partition coefficient (Wildman–Crippen LogP) is 1.61. The number of nitrogens with one attached hydrogen (secondary N) is 1. The van der Waals surface area contributed by atoms with Crippen LogP contribution in [0.2, 0.25) is 0 Å². The molecule has 10 nitrogen and oxygen atoms in total. The number of rotatable bonds is 4. The number of carbonyl (C=O) groups is 1. The van der Waals surface area contributed by atoms with Crippen molar-refractivity contribution in [1.29, 1.82) is 0 Å². The number of pyridine rings is 1. The Balaban J connectivity index is 1.33. The van der Waals surface area contributed by atoms with Gasteiger partial charge in [-0.05, 0) is 18.2 Å². The van der Waals surface area contributed by atoms with Gasteiger partial charge in [0.25, 0.3) is 5.91 Å². The number of hydrogen-bond donors (Lipinski definition) is 1. The molecule has 2 aliphatic heterocycles. The van der Waals surface area contributed by atoms with E-state index in [1.807, 2.05) is 4.90 Å². The van der Waals surface area contributed by atoms with Gasteiger partial charge in [-0.1, -0.05) is 0 Å². The zero-order chi connectivity index (χ0) is 22.5. The van der Waals surface area contributed by atoms with E-state index in [0.717, 1.165) is 17.8 Å². The van der Waals surface area contributed by atoms with Crippen LogP contribution in [0.3, 0.4) is 0 Å². The van der Waals surface area contributed by atoms with Crippen LogP contribution in [0.1, 0.15) is 33.6 Å². The molecule has 11 heteroatoms. The molecule has 168 valence electrons. The Morgan fingerprint density at radius 2 is 2.12 bits per heavy atom. The molecule has 4 aromatic heterocycles. The number of nitrogens with zero attached hydrogens (tertiary/aromatic N) is 7. The highest BCUT2D eigenvalue weighted by atomic mass is 19.1. The fourth-order valence-electron chi connectivity index (χ4n) is 4.45. The van der Waals surface area contributed by atoms with E-state index >= 15 is 0 Å². The van der Waals surface area contributed by atoms with Crippen molar-refractivity contribution in [2.45, 2.75) is 18.6 Å². The summed E-state index contributed by atoms with van der Waals surface area (Å²) in [6, 6.07) is 4.39. The van der Waals surface area contributed by atoms with Crippen LogP contribution >= 0.6 is 0 Å². The quantitative estimate of drug-likeness (QED) is 0.506. The molecule has 6 rings (SSSR count). The van der Waals surface area contributed by atoms with E-state index in [9.17, 15) is 9.18 Å². The summed E-state index contributed by atoms with van der Waals surface area (Å²) in [5.41, 5.74) is 3.17. The number of halogens is 1. The molecule has 0 spiro atoms. The van der Waals surface area contributed by atoms with E-state index in [2.05, 4.69) is 25.0 Å². The number of hydrogen-bond acceptors (Lipinski definition) is 7. The second-order valence-corrected chi connectivity index (χ2v) is 8.20. The van der Waals surface area contributed by atoms with Crippen LogP contribution in [-0.4, -0.2) is 73.2 Å². The second-order valence-electron chi connectivity index (χ2n) is 8.20. The van der Waals surface area contributed by atoms with E-state index in [0.29, 0.717) is 36.7 Å². The van der Waals surface area contributed by atoms with Crippen molar-refractivity contribution in [1.82, 2.24) is 34.4 Å². The average molecular weight is 448 g/mol. The first kappa shape index (κ1) is 19.8. The SMILES string of the molecule is COC1CN(C(=O)c2cnc(N3CCc4[nH]cnc4[C@@H]3c3cc4c(F)cccn4n3)cn2)C1. The molecule has 1 amide bonds. The Morgan fingerprint density at radius 3 is 2.88 bits per heavy atom. The molecule has 4 aromatic rings. The summed E-state index contributed by atoms with van der Waals surface area (Å²) >= 11 is 0. The highest BCUT2D eigenvalue weighted by molar-refractivity contribution is 5.92. The van der Waals surface area contributed by atoms with Gasteiger partial charge >= 0.3 is 0 Å². The number of amides is 1. The van der Waals surface area contributed by atoms with E-state index in [4.69, 9.17) is 4.74 Å². The summed E-state index contributed by atoms with van der Waals surface area (Å²) in [6.45, 7) is 1.75. The molecular weight excluding hydrogens is 427 g/mol. The number of methoxy groups -OCH3 is 1. The topological polar surface area (TPSA) is 105 Å². The fraction of sp³-hybridized carbons (Fsp3) is 0.318. The van der Waals surface area contributed by atoms with Gasteiger partial charge in [0.15, 0.2) is 0 Å². The van der Waals surface area contributed by atoms with Gasteiger partial charge in [0.1, 0.15) is 28.9 Å². The lowest BCUT2D eigenvalue weighted by molar-refractivity contribution is -0.0194. The van der Waals surface area contributed by atoms with Gasteiger partial charge in [0.05, 0.1) is 36.2 Å². The van der Waals surface area contributed by atoms with Crippen LogP contribution in [0, 0.1) is 5.82 Å². The number of anilines is 1. The van der Waals surface area contributed by atoms with E-state index in [1.54, 1.807) is 42.9 Å². The van der Waals surface area contributed by atoms with Crippen molar-refractivity contribution in [3.8, 4) is 0 Å². The molecule has 0 radical (unpaired) electrons. The zero-order valence-corrected chi connectivity index (χ0v) is 17.8. The number of aromatic nitrogens is 6. The Kier molecular flexibility index (Phi) is 4.57. The lowest BCUT2D eigenvalue weighted by Gasteiger charge is -2.38. The number of fused-ring (bicyclic) bond motifs is 2. The highest BCUT2D eigenvalue weighted by Crippen LogP contribution is 2.36. The Morgan fingerprint density at radius 1 is 1.24 bits per heavy atom. The number of H-pyrrole nitrogens is 1. The molecule has 2 aliphatic rings. The normalized spacial score (nSPS) is 18.4. The van der Waals surface area contributed by atoms with Crippen molar-refractivity contribution in [2.75, 3.05) is 31.6 Å². The molecular formula is C22H21FN8O2. The summed E-state index contributed by atoms with van der Waals surface area (Å²) < 4.78 is 21.1. The minimum absolute atomic E-state index is 0.0774. The smallest absolute Gasteiger partial charge is 0.274 e. The van der Waals surface area contributed by atoms with Crippen molar-refractivity contribution >= 4 is 17.2 Å². The lowest BCUT2D eigenvalue weighted by atomic mass is 10.00. The number of likely N-dealkylation sites (tertiary alicyclic amines) is 1. The zero-order valence-electron chi connectivity index (χ0n) is 17.8. The third-order valence-corrected chi connectivity index (χ3v) is 6.29. The summed E-state index contributed by atoms with van der Waals surface area (Å²) in [5.74, 6) is 0.0919. The average Bonchev–Trinajstić information content (AvgIpc) is 3.45. The number of carbonyl (C=O) groups excluding carboxylic acids is 1. The fourth-order valence-corrected chi connectivity index (χ4v) is 4.45. The third-order valence-electron chi connectivity index (χ3n) is 6.29. The maximum atomic E-state index is 14.3. The predicted molar refractivity (Wildman–Crippen MR) is 115 cm³/mol. The lowest BCUT2D eigenvalue weighted by Crippen LogP contribution is -2.54. The van der Waals surface area contributed by atoms with Crippen LogP contribution in [-0.2, 0) is 11.2 Å². The molecule has 1 fully saturated rings. The molecule has 0 unspecified atom stereocenters. The molecule has 0 aliphatic carbocycles. The number of imidazole rings is 1. The Hall–Kier alpha value is -3.86. The van der Waals surface area contributed by atoms with Crippen molar-refractivity contribution in [2.24, 2.45) is 0 Å². The summed E-state index contributed by atoms with van der Waals surface area (Å²) in [7, 11) is 1.64. The molecule has 0 saturated carbocycles. The minimum atomic E-state index is -0.368. The minimum Gasteiger partial charge on any atom is -0.378 e. The molecule has 0 bridgehead atoms. The molecule has 1 saturated heterocycles. The van der Waals surface area contributed by atoms with Crippen LogP contribution < -0.4 is 4.90 Å². The first-order valence-corrected chi connectivity index (χ1v) is 10.7. The van der Waals surface area contributed by atoms with Gasteiger partial charge < -0.3 is 19.5 Å². The summed E-state index contributed by atoms with van der Waals surface area (Å²) in [4.78, 5) is 33.0. The summed E-state index contributed by atoms with van der Waals surface area (Å²) in [5, 5.41) is 4.61. The van der Waals surface area contributed by atoms with Crippen LogP contribution in [0.4, 0.5) is 10.2 Å². The van der Waals surface area contributed by atoms with Gasteiger partial charge in [-0.15, -0.1) is 0 Å². The molecule has 1 N–H and O–H groups in total. The third kappa shape index (κ3) is 3.23. The van der Waals surface area contributed by atoms with Gasteiger partial charge in [0.2, 0.25) is 0 Å². The Bertz CT molecular complexity index is 1330. The largest absolute Gasteiger partial charge is 0.378 e.